The van der Waals surface area contributed by atoms with E-state index in [4.69, 9.17) is 18.9 Å². The molecule has 7 heteroatoms. The van der Waals surface area contributed by atoms with Gasteiger partial charge in [0.05, 0.1) is 39.7 Å². The Balaban J connectivity index is 1.87. The fourth-order valence-corrected chi connectivity index (χ4v) is 3.64. The molecular weight excluding hydrogens is 420 g/mol. The maximum absolute atomic E-state index is 13.5. The van der Waals surface area contributed by atoms with Crippen molar-refractivity contribution in [1.29, 1.82) is 0 Å². The van der Waals surface area contributed by atoms with Crippen molar-refractivity contribution in [3.05, 3.63) is 83.4 Å². The van der Waals surface area contributed by atoms with Gasteiger partial charge in [-0.1, -0.05) is 18.2 Å². The molecule has 0 N–H and O–H groups in total. The van der Waals surface area contributed by atoms with Gasteiger partial charge >= 0.3 is 0 Å². The molecule has 0 bridgehead atoms. The van der Waals surface area contributed by atoms with Crippen LogP contribution in [-0.4, -0.2) is 40.1 Å². The number of benzene rings is 3. The second-order valence-corrected chi connectivity index (χ2v) is 7.11. The molecule has 7 nitrogen and oxygen atoms in total. The average molecular weight is 444 g/mol. The predicted octanol–water partition coefficient (Wildman–Crippen LogP) is 4.56. The number of hydrogen-bond acceptors (Lipinski definition) is 6. The van der Waals surface area contributed by atoms with Crippen molar-refractivity contribution in [3.8, 4) is 23.0 Å². The van der Waals surface area contributed by atoms with Crippen LogP contribution in [-0.2, 0) is 4.79 Å². The van der Waals surface area contributed by atoms with E-state index in [9.17, 15) is 4.79 Å². The summed E-state index contributed by atoms with van der Waals surface area (Å²) < 4.78 is 21.8. The van der Waals surface area contributed by atoms with Crippen LogP contribution in [0.3, 0.4) is 0 Å². The molecule has 0 spiro atoms. The molecule has 168 valence electrons. The number of methoxy groups -OCH3 is 4. The highest BCUT2D eigenvalue weighted by molar-refractivity contribution is 6.37. The monoisotopic (exact) mass is 444 g/mol. The van der Waals surface area contributed by atoms with Crippen LogP contribution in [0.1, 0.15) is 11.1 Å². The smallest absolute Gasteiger partial charge is 0.281 e. The molecule has 0 atom stereocenters. The van der Waals surface area contributed by atoms with Gasteiger partial charge in [-0.25, -0.2) is 0 Å². The van der Waals surface area contributed by atoms with E-state index in [-0.39, 0.29) is 5.91 Å². The lowest BCUT2D eigenvalue weighted by molar-refractivity contribution is -0.114. The van der Waals surface area contributed by atoms with Crippen LogP contribution < -0.4 is 24.0 Å². The summed E-state index contributed by atoms with van der Waals surface area (Å²) in [7, 11) is 6.25. The fourth-order valence-electron chi connectivity index (χ4n) is 3.64. The molecule has 1 aliphatic rings. The largest absolute Gasteiger partial charge is 0.497 e. The predicted molar refractivity (Wildman–Crippen MR) is 128 cm³/mol. The van der Waals surface area contributed by atoms with Crippen LogP contribution in [0.15, 0.2) is 77.4 Å². The summed E-state index contributed by atoms with van der Waals surface area (Å²) in [4.78, 5) is 13.5. The third kappa shape index (κ3) is 4.13. The maximum Gasteiger partial charge on any atom is 0.281 e. The third-order valence-electron chi connectivity index (χ3n) is 5.28. The van der Waals surface area contributed by atoms with Gasteiger partial charge in [0.15, 0.2) is 11.5 Å². The second kappa shape index (κ2) is 9.48. The van der Waals surface area contributed by atoms with Gasteiger partial charge in [-0.15, -0.1) is 0 Å². The van der Waals surface area contributed by atoms with E-state index in [1.54, 1.807) is 40.6 Å². The molecule has 3 aromatic rings. The Bertz CT molecular complexity index is 1220. The van der Waals surface area contributed by atoms with Crippen molar-refractivity contribution in [3.63, 3.8) is 0 Å². The molecule has 0 saturated heterocycles. The Morgan fingerprint density at radius 1 is 0.758 bits per heavy atom. The van der Waals surface area contributed by atoms with Crippen LogP contribution in [0.4, 0.5) is 5.69 Å². The average Bonchev–Trinajstić information content (AvgIpc) is 3.19. The Labute approximate surface area is 192 Å². The molecule has 0 saturated carbocycles. The van der Waals surface area contributed by atoms with Gasteiger partial charge in [-0.2, -0.15) is 10.1 Å². The summed E-state index contributed by atoms with van der Waals surface area (Å²) in [6, 6.07) is 20.3. The lowest BCUT2D eigenvalue weighted by Crippen LogP contribution is -2.21. The number of carbonyl (C=O) groups excluding carboxylic acids is 1. The number of hydrogen-bond donors (Lipinski definition) is 0. The van der Waals surface area contributed by atoms with Gasteiger partial charge < -0.3 is 18.9 Å². The summed E-state index contributed by atoms with van der Waals surface area (Å²) in [5.41, 5.74) is 3.09. The Kier molecular flexibility index (Phi) is 6.31. The first-order valence-electron chi connectivity index (χ1n) is 10.2. The van der Waals surface area contributed by atoms with Crippen molar-refractivity contribution in [1.82, 2.24) is 0 Å². The van der Waals surface area contributed by atoms with E-state index < -0.39 is 0 Å². The first kappa shape index (κ1) is 22.0. The first-order chi connectivity index (χ1) is 16.1. The Morgan fingerprint density at radius 2 is 1.45 bits per heavy atom. The second-order valence-electron chi connectivity index (χ2n) is 7.11. The topological polar surface area (TPSA) is 69.6 Å². The summed E-state index contributed by atoms with van der Waals surface area (Å²) in [6.45, 7) is 0. The molecule has 0 radical (unpaired) electrons. The number of hydrazone groups is 1. The molecule has 1 heterocycles. The minimum Gasteiger partial charge on any atom is -0.497 e. The van der Waals surface area contributed by atoms with E-state index in [1.807, 2.05) is 60.7 Å². The van der Waals surface area contributed by atoms with E-state index >= 15 is 0 Å². The SMILES string of the molecule is COc1ccc(C2=NN(c3ccccc3)C(=O)/C2=C\c2ccc(OC)c(OC)c2OC)cc1. The zero-order valence-corrected chi connectivity index (χ0v) is 18.9. The summed E-state index contributed by atoms with van der Waals surface area (Å²) in [6.07, 6.45) is 1.76. The first-order valence-corrected chi connectivity index (χ1v) is 10.2. The quantitative estimate of drug-likeness (QED) is 0.500. The van der Waals surface area contributed by atoms with Crippen molar-refractivity contribution < 1.29 is 23.7 Å². The number of amides is 1. The van der Waals surface area contributed by atoms with Crippen molar-refractivity contribution >= 4 is 23.4 Å². The van der Waals surface area contributed by atoms with Crippen LogP contribution >= 0.6 is 0 Å². The van der Waals surface area contributed by atoms with Crippen molar-refractivity contribution in [2.24, 2.45) is 5.10 Å². The number of carbonyl (C=O) groups is 1. The summed E-state index contributed by atoms with van der Waals surface area (Å²) >= 11 is 0. The van der Waals surface area contributed by atoms with Gasteiger partial charge in [-0.05, 0) is 54.6 Å². The van der Waals surface area contributed by atoms with Crippen LogP contribution in [0.25, 0.3) is 6.08 Å². The standard InChI is InChI=1S/C26H24N2O5/c1-30-20-13-10-17(11-14-20)23-21(26(29)28(27-23)19-8-6-5-7-9-19)16-18-12-15-22(31-2)25(33-4)24(18)32-3/h5-16H,1-4H3/b21-16-. The number of ether oxygens (including phenoxy) is 4. The van der Waals surface area contributed by atoms with Gasteiger partial charge in [0.2, 0.25) is 5.75 Å². The molecule has 1 amide bonds. The molecule has 0 fully saturated rings. The number of anilines is 1. The van der Waals surface area contributed by atoms with Crippen molar-refractivity contribution in [2.45, 2.75) is 0 Å². The molecular formula is C26H24N2O5. The highest BCUT2D eigenvalue weighted by Crippen LogP contribution is 2.41. The highest BCUT2D eigenvalue weighted by Gasteiger charge is 2.32. The van der Waals surface area contributed by atoms with Crippen LogP contribution in [0, 0.1) is 0 Å². The highest BCUT2D eigenvalue weighted by atomic mass is 16.5. The minimum absolute atomic E-state index is 0.246. The zero-order chi connectivity index (χ0) is 23.4. The lowest BCUT2D eigenvalue weighted by Gasteiger charge is -2.15. The van der Waals surface area contributed by atoms with Crippen LogP contribution in [0.2, 0.25) is 0 Å². The lowest BCUT2D eigenvalue weighted by atomic mass is 9.99. The maximum atomic E-state index is 13.5. The van der Waals surface area contributed by atoms with Crippen LogP contribution in [0.5, 0.6) is 23.0 Å². The Morgan fingerprint density at radius 3 is 2.06 bits per heavy atom. The fraction of sp³-hybridized carbons (Fsp3) is 0.154. The van der Waals surface area contributed by atoms with E-state index in [2.05, 4.69) is 5.10 Å². The summed E-state index contributed by atoms with van der Waals surface area (Å²) in [5.74, 6) is 1.91. The number of para-hydroxylation sites is 1. The van der Waals surface area contributed by atoms with Gasteiger partial charge in [0, 0.05) is 11.1 Å². The normalized spacial score (nSPS) is 14.3. The molecule has 0 aliphatic carbocycles. The molecule has 0 aromatic heterocycles. The van der Waals surface area contributed by atoms with Gasteiger partial charge in [0.1, 0.15) is 11.5 Å². The van der Waals surface area contributed by atoms with Gasteiger partial charge in [0.25, 0.3) is 5.91 Å². The summed E-state index contributed by atoms with van der Waals surface area (Å²) in [5, 5.41) is 6.07. The number of rotatable bonds is 7. The van der Waals surface area contributed by atoms with Crippen molar-refractivity contribution in [2.75, 3.05) is 33.4 Å². The van der Waals surface area contributed by atoms with E-state index in [0.717, 1.165) is 11.3 Å². The van der Waals surface area contributed by atoms with E-state index in [1.165, 1.54) is 5.01 Å². The van der Waals surface area contributed by atoms with E-state index in [0.29, 0.717) is 39.8 Å². The molecule has 33 heavy (non-hydrogen) atoms. The third-order valence-corrected chi connectivity index (χ3v) is 5.28. The Hall–Kier alpha value is -4.26. The molecule has 0 unspecified atom stereocenters. The minimum atomic E-state index is -0.246. The molecule has 4 rings (SSSR count). The van der Waals surface area contributed by atoms with Gasteiger partial charge in [-0.3, -0.25) is 4.79 Å². The molecule has 3 aromatic carbocycles. The molecule has 1 aliphatic heterocycles. The zero-order valence-electron chi connectivity index (χ0n) is 18.9. The number of nitrogens with zero attached hydrogens (tertiary/aromatic N) is 2.